The van der Waals surface area contributed by atoms with E-state index in [1.54, 1.807) is 72.8 Å². The summed E-state index contributed by atoms with van der Waals surface area (Å²) in [7, 11) is -7.69. The van der Waals surface area contributed by atoms with Crippen LogP contribution in [0.15, 0.2) is 106 Å². The topological polar surface area (TPSA) is 46.9 Å². The summed E-state index contributed by atoms with van der Waals surface area (Å²) in [5.74, 6) is 0. The van der Waals surface area contributed by atoms with Gasteiger partial charge in [0.2, 0.25) is 0 Å². The minimum Gasteiger partial charge on any atom is -0.235 e. The third-order valence-electron chi connectivity index (χ3n) is 3.45. The summed E-state index contributed by atoms with van der Waals surface area (Å²) in [5, 5.41) is 0. The molecule has 3 nitrogen and oxygen atoms in total. The fourth-order valence-electron chi connectivity index (χ4n) is 2.52. The molecule has 3 rings (SSSR count). The molecule has 0 bridgehead atoms. The van der Waals surface area contributed by atoms with E-state index < -0.39 is 20.8 Å². The van der Waals surface area contributed by atoms with Crippen molar-refractivity contribution < 1.29 is 15.9 Å². The average Bonchev–Trinajstić information content (AvgIpc) is 2.61. The molecule has 0 atom stereocenters. The molecule has 6 heteroatoms. The van der Waals surface area contributed by atoms with Gasteiger partial charge in [-0.2, -0.15) is 0 Å². The van der Waals surface area contributed by atoms with Crippen molar-refractivity contribution in [2.24, 2.45) is 0 Å². The van der Waals surface area contributed by atoms with Gasteiger partial charge in [-0.05, 0) is 40.3 Å². The predicted octanol–water partition coefficient (Wildman–Crippen LogP) is 5.19. The molecular formula is C18H16FO3S2+. The van der Waals surface area contributed by atoms with Crippen LogP contribution in [0.4, 0.5) is 3.89 Å². The van der Waals surface area contributed by atoms with Gasteiger partial charge in [-0.1, -0.05) is 54.6 Å². The van der Waals surface area contributed by atoms with E-state index in [-0.39, 0.29) is 0 Å². The zero-order valence-electron chi connectivity index (χ0n) is 12.6. The van der Waals surface area contributed by atoms with Gasteiger partial charge >= 0.3 is 10.5 Å². The molecule has 0 saturated heterocycles. The first kappa shape index (κ1) is 16.7. The van der Waals surface area contributed by atoms with E-state index >= 15 is 0 Å². The second-order valence-corrected chi connectivity index (χ2v) is 9.00. The van der Waals surface area contributed by atoms with Crippen molar-refractivity contribution in [1.29, 1.82) is 0 Å². The molecule has 0 aliphatic carbocycles. The first-order valence-electron chi connectivity index (χ1n) is 7.20. The Hall–Kier alpha value is -2.15. The Labute approximate surface area is 142 Å². The van der Waals surface area contributed by atoms with Crippen LogP contribution in [0, 0.1) is 0 Å². The van der Waals surface area contributed by atoms with Gasteiger partial charge in [0.15, 0.2) is 0 Å². The lowest BCUT2D eigenvalue weighted by Crippen LogP contribution is -2.15. The van der Waals surface area contributed by atoms with Crippen LogP contribution in [-0.4, -0.2) is 12.0 Å². The molecule has 0 fully saturated rings. The maximum Gasteiger partial charge on any atom is 0.584 e. The molecule has 1 N–H and O–H groups in total. The van der Waals surface area contributed by atoms with E-state index in [4.69, 9.17) is 0 Å². The molecule has 0 amide bonds. The molecular weight excluding hydrogens is 347 g/mol. The maximum absolute atomic E-state index is 13.8. The number of hydrogen-bond acceptors (Lipinski definition) is 2. The largest absolute Gasteiger partial charge is 0.584 e. The van der Waals surface area contributed by atoms with Crippen molar-refractivity contribution in [2.75, 3.05) is 0 Å². The molecule has 3 aromatic rings. The Morgan fingerprint density at radius 1 is 0.583 bits per heavy atom. The van der Waals surface area contributed by atoms with Crippen LogP contribution in [0.3, 0.4) is 0 Å². The molecule has 24 heavy (non-hydrogen) atoms. The normalized spacial score (nSPS) is 12.7. The Morgan fingerprint density at radius 3 is 1.12 bits per heavy atom. The van der Waals surface area contributed by atoms with Gasteiger partial charge in [0.25, 0.3) is 0 Å². The third kappa shape index (κ3) is 3.36. The third-order valence-corrected chi connectivity index (χ3v) is 7.92. The highest BCUT2D eigenvalue weighted by Crippen LogP contribution is 2.68. The first-order chi connectivity index (χ1) is 11.5. The van der Waals surface area contributed by atoms with E-state index in [0.29, 0.717) is 14.7 Å². The van der Waals surface area contributed by atoms with E-state index in [0.717, 1.165) is 0 Å². The molecule has 0 aromatic heterocycles. The molecule has 0 radical (unpaired) electrons. The summed E-state index contributed by atoms with van der Waals surface area (Å²) < 4.78 is 40.6. The predicted molar refractivity (Wildman–Crippen MR) is 94.4 cm³/mol. The lowest BCUT2D eigenvalue weighted by atomic mass is 10.4. The zero-order chi connectivity index (χ0) is 17.0. The highest BCUT2D eigenvalue weighted by Gasteiger charge is 2.42. The summed E-state index contributed by atoms with van der Waals surface area (Å²) in [5.41, 5.74) is 0. The second kappa shape index (κ2) is 6.76. The monoisotopic (exact) mass is 363 g/mol. The van der Waals surface area contributed by atoms with Gasteiger partial charge in [0.1, 0.15) is 0 Å². The molecule has 0 heterocycles. The lowest BCUT2D eigenvalue weighted by molar-refractivity contribution is 0.351. The molecule has 124 valence electrons. The van der Waals surface area contributed by atoms with Gasteiger partial charge < -0.3 is 0 Å². The lowest BCUT2D eigenvalue weighted by Gasteiger charge is -2.33. The number of hydrogen-bond donors (Lipinski definition) is 0. The Morgan fingerprint density at radius 2 is 0.875 bits per heavy atom. The summed E-state index contributed by atoms with van der Waals surface area (Å²) in [4.78, 5) is 1.97. The van der Waals surface area contributed by atoms with E-state index in [9.17, 15) is 12.3 Å². The van der Waals surface area contributed by atoms with Crippen molar-refractivity contribution >= 4 is 20.8 Å². The summed E-state index contributed by atoms with van der Waals surface area (Å²) in [6.07, 6.45) is 0. The van der Waals surface area contributed by atoms with Gasteiger partial charge in [-0.15, -0.1) is 8.42 Å². The fourth-order valence-corrected chi connectivity index (χ4v) is 7.09. The minimum absolute atomic E-state index is 0.656. The Balaban J connectivity index is 2.37. The van der Waals surface area contributed by atoms with Crippen LogP contribution in [0.25, 0.3) is 0 Å². The van der Waals surface area contributed by atoms with Crippen molar-refractivity contribution in [3.63, 3.8) is 0 Å². The van der Waals surface area contributed by atoms with Crippen molar-refractivity contribution in [1.82, 2.24) is 0 Å². The first-order valence-corrected chi connectivity index (χ1v) is 10.1. The summed E-state index contributed by atoms with van der Waals surface area (Å²) in [6, 6.07) is 26.9. The SMILES string of the molecule is O=S(=O)(F)[OH+]S(c1ccccc1)(c1ccccc1)c1ccccc1. The summed E-state index contributed by atoms with van der Waals surface area (Å²) >= 11 is 0. The van der Waals surface area contributed by atoms with Gasteiger partial charge in [0.05, 0.1) is 25.0 Å². The van der Waals surface area contributed by atoms with Crippen LogP contribution in [-0.2, 0) is 10.5 Å². The zero-order valence-corrected chi connectivity index (χ0v) is 14.3. The van der Waals surface area contributed by atoms with E-state index in [2.05, 4.69) is 3.63 Å². The molecule has 0 saturated carbocycles. The molecule has 0 aliphatic heterocycles. The minimum atomic E-state index is -5.06. The summed E-state index contributed by atoms with van der Waals surface area (Å²) in [6.45, 7) is 0. The van der Waals surface area contributed by atoms with Crippen molar-refractivity contribution in [2.45, 2.75) is 14.7 Å². The van der Waals surface area contributed by atoms with Gasteiger partial charge in [-0.3, -0.25) is 0 Å². The van der Waals surface area contributed by atoms with Crippen molar-refractivity contribution in [3.05, 3.63) is 91.0 Å². The highest BCUT2D eigenvalue weighted by atomic mass is 32.3. The molecule has 3 aromatic carbocycles. The fraction of sp³-hybridized carbons (Fsp3) is 0. The van der Waals surface area contributed by atoms with Gasteiger partial charge in [-0.25, -0.2) is 3.63 Å². The maximum atomic E-state index is 13.8. The van der Waals surface area contributed by atoms with Crippen LogP contribution >= 0.6 is 10.3 Å². The van der Waals surface area contributed by atoms with Gasteiger partial charge in [0, 0.05) is 0 Å². The Kier molecular flexibility index (Phi) is 4.71. The smallest absolute Gasteiger partial charge is 0.235 e. The Bertz CT molecular complexity index is 802. The van der Waals surface area contributed by atoms with Crippen molar-refractivity contribution in [3.8, 4) is 0 Å². The van der Waals surface area contributed by atoms with E-state index in [1.807, 2.05) is 18.2 Å². The van der Waals surface area contributed by atoms with E-state index in [1.165, 1.54) is 0 Å². The van der Waals surface area contributed by atoms with Crippen LogP contribution in [0.1, 0.15) is 0 Å². The number of halogens is 1. The van der Waals surface area contributed by atoms with Crippen LogP contribution in [0.2, 0.25) is 0 Å². The standard InChI is InChI=1S/C18H15FO3S2/c19-24(20,21)22-23(16-10-4-1-5-11-16,17-12-6-2-7-13-17)18-14-8-3-9-15-18/h1-15H/p+1. The molecule has 0 spiro atoms. The van der Waals surface area contributed by atoms with Crippen LogP contribution < -0.4 is 0 Å². The quantitative estimate of drug-likeness (QED) is 0.356. The molecule has 0 unspecified atom stereocenters. The van der Waals surface area contributed by atoms with Crippen LogP contribution in [0.5, 0.6) is 0 Å². The number of rotatable bonds is 5. The second-order valence-electron chi connectivity index (χ2n) is 5.01. The highest BCUT2D eigenvalue weighted by molar-refractivity contribution is 8.32. The molecule has 0 aliphatic rings. The number of benzene rings is 3. The average molecular weight is 363 g/mol.